The van der Waals surface area contributed by atoms with E-state index in [1.807, 2.05) is 48.5 Å². The molecule has 0 radical (unpaired) electrons. The molecule has 0 amide bonds. The van der Waals surface area contributed by atoms with Crippen LogP contribution in [0.25, 0.3) is 10.9 Å². The maximum Gasteiger partial charge on any atom is 0.324 e. The predicted octanol–water partition coefficient (Wildman–Crippen LogP) is 3.76. The van der Waals surface area contributed by atoms with Gasteiger partial charge < -0.3 is 19.6 Å². The van der Waals surface area contributed by atoms with Crippen LogP contribution in [0.5, 0.6) is 0 Å². The van der Waals surface area contributed by atoms with Gasteiger partial charge in [-0.25, -0.2) is 0 Å². The topological polar surface area (TPSA) is 91.9 Å². The Morgan fingerprint density at radius 2 is 1.89 bits per heavy atom. The quantitative estimate of drug-likeness (QED) is 0.527. The number of rotatable bonds is 6. The molecule has 0 bridgehead atoms. The van der Waals surface area contributed by atoms with E-state index in [4.69, 9.17) is 9.47 Å². The molecule has 1 saturated heterocycles. The zero-order valence-electron chi connectivity index (χ0n) is 20.1. The first-order valence-electron chi connectivity index (χ1n) is 12.3. The van der Waals surface area contributed by atoms with Gasteiger partial charge in [0.05, 0.1) is 19.3 Å². The highest BCUT2D eigenvalue weighted by Gasteiger charge is 2.48. The normalized spacial score (nSPS) is 24.9. The van der Waals surface area contributed by atoms with E-state index in [0.717, 1.165) is 27.7 Å². The Kier molecular flexibility index (Phi) is 6.62. The number of aliphatic hydroxyl groups is 1. The second-order valence-corrected chi connectivity index (χ2v) is 9.77. The molecule has 0 spiro atoms. The molecule has 7 heteroatoms. The fourth-order valence-corrected chi connectivity index (χ4v) is 5.90. The van der Waals surface area contributed by atoms with E-state index < -0.39 is 12.1 Å². The number of fused-ring (bicyclic) bond motifs is 5. The number of aliphatic hydroxyl groups excluding tert-OH is 1. The second kappa shape index (κ2) is 9.84. The molecule has 7 nitrogen and oxygen atoms in total. The lowest BCUT2D eigenvalue weighted by molar-refractivity contribution is -0.157. The van der Waals surface area contributed by atoms with E-state index >= 15 is 0 Å². The number of aromatic nitrogens is 1. The summed E-state index contributed by atoms with van der Waals surface area (Å²) in [6.45, 7) is 2.49. The minimum absolute atomic E-state index is 0.0537. The first-order valence-corrected chi connectivity index (χ1v) is 12.3. The molecular weight excluding hydrogens is 444 g/mol. The van der Waals surface area contributed by atoms with Gasteiger partial charge in [-0.15, -0.1) is 0 Å². The third kappa shape index (κ3) is 4.58. The Morgan fingerprint density at radius 3 is 2.63 bits per heavy atom. The van der Waals surface area contributed by atoms with E-state index in [9.17, 15) is 14.7 Å². The van der Waals surface area contributed by atoms with Crippen molar-refractivity contribution in [1.82, 2.24) is 9.88 Å². The molecule has 2 aliphatic rings. The van der Waals surface area contributed by atoms with Crippen LogP contribution in [0, 0.1) is 11.8 Å². The summed E-state index contributed by atoms with van der Waals surface area (Å²) in [5.74, 6) is -0.742. The minimum Gasteiger partial charge on any atom is -0.469 e. The van der Waals surface area contributed by atoms with E-state index in [1.54, 1.807) is 6.92 Å². The van der Waals surface area contributed by atoms with Crippen molar-refractivity contribution < 1.29 is 24.2 Å². The Labute approximate surface area is 205 Å². The summed E-state index contributed by atoms with van der Waals surface area (Å²) in [7, 11) is 1.39. The zero-order chi connectivity index (χ0) is 24.5. The highest BCUT2D eigenvalue weighted by atomic mass is 16.5. The van der Waals surface area contributed by atoms with Crippen molar-refractivity contribution >= 4 is 22.8 Å². The highest BCUT2D eigenvalue weighted by Crippen LogP contribution is 2.46. The molecule has 0 aliphatic carbocycles. The van der Waals surface area contributed by atoms with Crippen molar-refractivity contribution in [3.8, 4) is 0 Å². The van der Waals surface area contributed by atoms with Crippen LogP contribution < -0.4 is 0 Å². The number of hydrogen-bond acceptors (Lipinski definition) is 6. The molecular formula is C28H32N2O5. The molecule has 1 aromatic heterocycles. The number of para-hydroxylation sites is 1. The molecule has 3 aromatic rings. The van der Waals surface area contributed by atoms with E-state index in [0.29, 0.717) is 19.4 Å². The predicted molar refractivity (Wildman–Crippen MR) is 131 cm³/mol. The lowest BCUT2D eigenvalue weighted by Crippen LogP contribution is -2.56. The average molecular weight is 477 g/mol. The molecule has 2 aromatic carbocycles. The van der Waals surface area contributed by atoms with Crippen molar-refractivity contribution in [2.24, 2.45) is 11.8 Å². The molecule has 0 saturated carbocycles. The first-order chi connectivity index (χ1) is 17.0. The summed E-state index contributed by atoms with van der Waals surface area (Å²) in [4.78, 5) is 31.4. The molecule has 5 atom stereocenters. The molecule has 1 fully saturated rings. The number of ether oxygens (including phenoxy) is 2. The van der Waals surface area contributed by atoms with Crippen LogP contribution in [-0.4, -0.2) is 52.7 Å². The standard InChI is InChI=1S/C28H32N2O5/c1-17(31)22-15-30-24(12-19(22)13-26(32)34-2)27-21(20-10-6-7-11-23(20)29-27)14-25(30)28(33)35-16-18-8-4-3-5-9-18/h3-11,17,19,22,24-25,29,31H,12-16H2,1-2H3/t17-,19-,22-,24+,25-/m1/s1. The van der Waals surface area contributed by atoms with E-state index in [-0.39, 0.29) is 42.8 Å². The number of benzene rings is 2. The summed E-state index contributed by atoms with van der Waals surface area (Å²) >= 11 is 0. The van der Waals surface area contributed by atoms with Crippen LogP contribution in [0.15, 0.2) is 54.6 Å². The number of methoxy groups -OCH3 is 1. The average Bonchev–Trinajstić information content (AvgIpc) is 3.25. The van der Waals surface area contributed by atoms with Crippen molar-refractivity contribution in [3.05, 3.63) is 71.4 Å². The van der Waals surface area contributed by atoms with Crippen LogP contribution in [0.2, 0.25) is 0 Å². The number of aromatic amines is 1. The number of nitrogens with one attached hydrogen (secondary N) is 1. The van der Waals surface area contributed by atoms with Gasteiger partial charge in [0.2, 0.25) is 0 Å². The summed E-state index contributed by atoms with van der Waals surface area (Å²) < 4.78 is 10.7. The fourth-order valence-electron chi connectivity index (χ4n) is 5.90. The SMILES string of the molecule is COC(=O)C[C@H]1C[C@H]2c3[nH]c4ccccc4c3C[C@H](C(=O)OCc3ccccc3)N2C[C@@H]1[C@@H](C)O. The van der Waals surface area contributed by atoms with Crippen LogP contribution in [0.4, 0.5) is 0 Å². The maximum atomic E-state index is 13.5. The summed E-state index contributed by atoms with van der Waals surface area (Å²) in [5, 5.41) is 11.7. The van der Waals surface area contributed by atoms with E-state index in [2.05, 4.69) is 16.0 Å². The van der Waals surface area contributed by atoms with Gasteiger partial charge in [-0.05, 0) is 36.5 Å². The third-order valence-electron chi connectivity index (χ3n) is 7.70. The number of hydrogen-bond donors (Lipinski definition) is 2. The number of esters is 2. The lowest BCUT2D eigenvalue weighted by atomic mass is 9.73. The molecule has 3 heterocycles. The maximum absolute atomic E-state index is 13.5. The fraction of sp³-hybridized carbons (Fsp3) is 0.429. The Hall–Kier alpha value is -3.16. The molecule has 0 unspecified atom stereocenters. The monoisotopic (exact) mass is 476 g/mol. The highest BCUT2D eigenvalue weighted by molar-refractivity contribution is 5.87. The molecule has 2 aliphatic heterocycles. The number of carbonyl (C=O) groups excluding carboxylic acids is 2. The Morgan fingerprint density at radius 1 is 1.14 bits per heavy atom. The summed E-state index contributed by atoms with van der Waals surface area (Å²) in [6.07, 6.45) is 0.815. The lowest BCUT2D eigenvalue weighted by Gasteiger charge is -2.49. The molecule has 5 rings (SSSR count). The number of piperidine rings is 1. The number of H-pyrrole nitrogens is 1. The van der Waals surface area contributed by atoms with Crippen molar-refractivity contribution in [3.63, 3.8) is 0 Å². The largest absolute Gasteiger partial charge is 0.469 e. The summed E-state index contributed by atoms with van der Waals surface area (Å²) in [6, 6.07) is 17.3. The van der Waals surface area contributed by atoms with Crippen LogP contribution in [-0.2, 0) is 32.1 Å². The van der Waals surface area contributed by atoms with Gasteiger partial charge in [0.25, 0.3) is 0 Å². The van der Waals surface area contributed by atoms with Crippen LogP contribution in [0.3, 0.4) is 0 Å². The smallest absolute Gasteiger partial charge is 0.324 e. The zero-order valence-corrected chi connectivity index (χ0v) is 20.1. The van der Waals surface area contributed by atoms with E-state index in [1.165, 1.54) is 7.11 Å². The first kappa shape index (κ1) is 23.6. The van der Waals surface area contributed by atoms with Gasteiger partial charge in [0, 0.05) is 41.9 Å². The minimum atomic E-state index is -0.615. The van der Waals surface area contributed by atoms with Crippen molar-refractivity contribution in [2.45, 2.75) is 51.0 Å². The van der Waals surface area contributed by atoms with Crippen LogP contribution >= 0.6 is 0 Å². The number of nitrogens with zero attached hydrogens (tertiary/aromatic N) is 1. The van der Waals surface area contributed by atoms with Gasteiger partial charge in [0.1, 0.15) is 12.6 Å². The molecule has 184 valence electrons. The van der Waals surface area contributed by atoms with Crippen molar-refractivity contribution in [2.75, 3.05) is 13.7 Å². The van der Waals surface area contributed by atoms with Crippen LogP contribution in [0.1, 0.15) is 42.6 Å². The Bertz CT molecular complexity index is 1200. The summed E-state index contributed by atoms with van der Waals surface area (Å²) in [5.41, 5.74) is 4.21. The number of carbonyl (C=O) groups is 2. The molecule has 2 N–H and O–H groups in total. The van der Waals surface area contributed by atoms with Gasteiger partial charge >= 0.3 is 11.9 Å². The third-order valence-corrected chi connectivity index (χ3v) is 7.70. The second-order valence-electron chi connectivity index (χ2n) is 9.77. The van der Waals surface area contributed by atoms with Gasteiger partial charge in [-0.2, -0.15) is 0 Å². The van der Waals surface area contributed by atoms with Gasteiger partial charge in [-0.1, -0.05) is 48.5 Å². The Balaban J connectivity index is 1.49. The van der Waals surface area contributed by atoms with Gasteiger partial charge in [0.15, 0.2) is 0 Å². The van der Waals surface area contributed by atoms with Gasteiger partial charge in [-0.3, -0.25) is 14.5 Å². The van der Waals surface area contributed by atoms with Crippen molar-refractivity contribution in [1.29, 1.82) is 0 Å². The molecule has 35 heavy (non-hydrogen) atoms.